The topological polar surface area (TPSA) is 66.9 Å². The van der Waals surface area contributed by atoms with Gasteiger partial charge in [-0.1, -0.05) is 29.8 Å². The van der Waals surface area contributed by atoms with Crippen LogP contribution in [0.15, 0.2) is 24.3 Å². The number of amides is 1. The van der Waals surface area contributed by atoms with Gasteiger partial charge in [-0.25, -0.2) is 13.2 Å². The second-order valence-corrected chi connectivity index (χ2v) is 9.96. The molecule has 1 aromatic carbocycles. The summed E-state index contributed by atoms with van der Waals surface area (Å²) in [5, 5.41) is 0. The Bertz CT molecular complexity index is 740. The molecule has 6 nitrogen and oxygen atoms in total. The Balaban J connectivity index is 2.05. The monoisotopic (exact) mass is 382 g/mol. The number of hydrogen-bond acceptors (Lipinski definition) is 4. The predicted molar refractivity (Wildman–Crippen MR) is 102 cm³/mol. The molecule has 1 amide bonds. The van der Waals surface area contributed by atoms with Gasteiger partial charge in [0.2, 0.25) is 10.0 Å². The average Bonchev–Trinajstić information content (AvgIpc) is 2.52. The van der Waals surface area contributed by atoms with Gasteiger partial charge in [-0.15, -0.1) is 0 Å². The normalized spacial score (nSPS) is 19.2. The van der Waals surface area contributed by atoms with Crippen LogP contribution < -0.4 is 0 Å². The van der Waals surface area contributed by atoms with Gasteiger partial charge < -0.3 is 9.64 Å². The molecule has 1 aliphatic rings. The van der Waals surface area contributed by atoms with E-state index in [0.29, 0.717) is 13.1 Å². The zero-order valence-corrected chi connectivity index (χ0v) is 17.2. The third-order valence-electron chi connectivity index (χ3n) is 4.41. The van der Waals surface area contributed by atoms with E-state index in [1.54, 1.807) is 7.05 Å². The fourth-order valence-corrected chi connectivity index (χ4v) is 4.67. The predicted octanol–water partition coefficient (Wildman–Crippen LogP) is 3.16. The number of rotatable bonds is 4. The Kier molecular flexibility index (Phi) is 6.34. The Labute approximate surface area is 157 Å². The molecule has 26 heavy (non-hydrogen) atoms. The highest BCUT2D eigenvalue weighted by Crippen LogP contribution is 2.22. The molecular formula is C19H30N2O4S. The van der Waals surface area contributed by atoms with Crippen LogP contribution in [0.3, 0.4) is 0 Å². The second-order valence-electron chi connectivity index (χ2n) is 7.99. The molecule has 0 bridgehead atoms. The summed E-state index contributed by atoms with van der Waals surface area (Å²) in [6, 6.07) is 7.37. The quantitative estimate of drug-likeness (QED) is 0.802. The maximum atomic E-state index is 12.8. The van der Waals surface area contributed by atoms with E-state index in [-0.39, 0.29) is 11.8 Å². The molecule has 1 fully saturated rings. The van der Waals surface area contributed by atoms with Crippen molar-refractivity contribution in [3.05, 3.63) is 35.4 Å². The van der Waals surface area contributed by atoms with E-state index in [9.17, 15) is 13.2 Å². The third-order valence-corrected chi connectivity index (χ3v) is 6.23. The molecule has 1 heterocycles. The number of ether oxygens (including phenoxy) is 1. The summed E-state index contributed by atoms with van der Waals surface area (Å²) < 4.78 is 32.6. The molecule has 7 heteroatoms. The number of piperidine rings is 1. The fourth-order valence-electron chi connectivity index (χ4n) is 3.08. The van der Waals surface area contributed by atoms with Crippen molar-refractivity contribution in [1.29, 1.82) is 0 Å². The van der Waals surface area contributed by atoms with Crippen molar-refractivity contribution in [1.82, 2.24) is 9.21 Å². The number of nitrogens with zero attached hydrogens (tertiary/aromatic N) is 2. The van der Waals surface area contributed by atoms with Crippen molar-refractivity contribution in [2.24, 2.45) is 0 Å². The number of carbonyl (C=O) groups excluding carboxylic acids is 1. The number of aryl methyl sites for hydroxylation is 1. The first-order chi connectivity index (χ1) is 12.0. The molecule has 1 saturated heterocycles. The number of carbonyl (C=O) groups is 1. The largest absolute Gasteiger partial charge is 0.444 e. The number of benzene rings is 1. The SMILES string of the molecule is Cc1cccc(CS(=O)(=O)N2CCC[C@@H](N(C)C(=O)OC(C)(C)C)C2)c1. The van der Waals surface area contributed by atoms with Gasteiger partial charge in [0, 0.05) is 26.2 Å². The average molecular weight is 383 g/mol. The minimum Gasteiger partial charge on any atom is -0.444 e. The lowest BCUT2D eigenvalue weighted by atomic mass is 10.1. The summed E-state index contributed by atoms with van der Waals surface area (Å²) in [5.41, 5.74) is 1.25. The first-order valence-electron chi connectivity index (χ1n) is 8.97. The van der Waals surface area contributed by atoms with Crippen LogP contribution in [0.5, 0.6) is 0 Å². The van der Waals surface area contributed by atoms with E-state index in [2.05, 4.69) is 0 Å². The summed E-state index contributed by atoms with van der Waals surface area (Å²) in [7, 11) is -1.75. The Hall–Kier alpha value is -1.60. The molecule has 0 saturated carbocycles. The van der Waals surface area contributed by atoms with Crippen LogP contribution in [-0.4, -0.2) is 55.5 Å². The Morgan fingerprint density at radius 2 is 2.04 bits per heavy atom. The van der Waals surface area contributed by atoms with Gasteiger partial charge in [0.15, 0.2) is 0 Å². The van der Waals surface area contributed by atoms with Crippen LogP contribution >= 0.6 is 0 Å². The molecule has 0 radical (unpaired) electrons. The number of hydrogen-bond donors (Lipinski definition) is 0. The Morgan fingerprint density at radius 1 is 1.35 bits per heavy atom. The maximum absolute atomic E-state index is 12.8. The lowest BCUT2D eigenvalue weighted by Gasteiger charge is -2.37. The van der Waals surface area contributed by atoms with Gasteiger partial charge in [0.1, 0.15) is 5.60 Å². The molecule has 146 valence electrons. The first-order valence-corrected chi connectivity index (χ1v) is 10.6. The zero-order chi connectivity index (χ0) is 19.5. The Morgan fingerprint density at radius 3 is 2.65 bits per heavy atom. The van der Waals surface area contributed by atoms with Crippen LogP contribution in [0, 0.1) is 6.92 Å². The summed E-state index contributed by atoms with van der Waals surface area (Å²) >= 11 is 0. The van der Waals surface area contributed by atoms with Crippen LogP contribution in [0.2, 0.25) is 0 Å². The van der Waals surface area contributed by atoms with E-state index in [0.717, 1.165) is 24.0 Å². The molecular weight excluding hydrogens is 352 g/mol. The van der Waals surface area contributed by atoms with Gasteiger partial charge >= 0.3 is 6.09 Å². The van der Waals surface area contributed by atoms with E-state index in [4.69, 9.17) is 4.74 Å². The second kappa shape index (κ2) is 7.96. The van der Waals surface area contributed by atoms with Crippen molar-refractivity contribution in [2.75, 3.05) is 20.1 Å². The van der Waals surface area contributed by atoms with E-state index in [1.165, 1.54) is 9.21 Å². The fraction of sp³-hybridized carbons (Fsp3) is 0.632. The minimum atomic E-state index is -3.43. The number of likely N-dealkylation sites (N-methyl/N-ethyl adjacent to an activating group) is 1. The molecule has 1 aromatic rings. The van der Waals surface area contributed by atoms with E-state index < -0.39 is 21.7 Å². The maximum Gasteiger partial charge on any atom is 0.410 e. The highest BCUT2D eigenvalue weighted by atomic mass is 32.2. The zero-order valence-electron chi connectivity index (χ0n) is 16.4. The molecule has 0 unspecified atom stereocenters. The lowest BCUT2D eigenvalue weighted by Crippen LogP contribution is -2.51. The van der Waals surface area contributed by atoms with Gasteiger partial charge in [0.25, 0.3) is 0 Å². The van der Waals surface area contributed by atoms with E-state index in [1.807, 2.05) is 52.0 Å². The van der Waals surface area contributed by atoms with Crippen LogP contribution in [-0.2, 0) is 20.5 Å². The third kappa shape index (κ3) is 5.71. The van der Waals surface area contributed by atoms with Crippen molar-refractivity contribution >= 4 is 16.1 Å². The van der Waals surface area contributed by atoms with Crippen molar-refractivity contribution in [2.45, 2.75) is 57.9 Å². The van der Waals surface area contributed by atoms with Crippen LogP contribution in [0.25, 0.3) is 0 Å². The van der Waals surface area contributed by atoms with Gasteiger partial charge in [-0.3, -0.25) is 0 Å². The molecule has 0 aromatic heterocycles. The molecule has 2 rings (SSSR count). The lowest BCUT2D eigenvalue weighted by molar-refractivity contribution is 0.0173. The van der Waals surface area contributed by atoms with Gasteiger partial charge in [0.05, 0.1) is 5.75 Å². The minimum absolute atomic E-state index is 0.0163. The van der Waals surface area contributed by atoms with E-state index >= 15 is 0 Å². The summed E-state index contributed by atoms with van der Waals surface area (Å²) in [5.74, 6) is -0.0163. The molecule has 0 aliphatic carbocycles. The highest BCUT2D eigenvalue weighted by Gasteiger charge is 2.33. The summed E-state index contributed by atoms with van der Waals surface area (Å²) in [6.07, 6.45) is 1.08. The van der Waals surface area contributed by atoms with Gasteiger partial charge in [-0.05, 0) is 46.1 Å². The standard InChI is InChI=1S/C19H30N2O4S/c1-15-8-6-9-16(12-15)14-26(23,24)21-11-7-10-17(13-21)20(5)18(22)25-19(2,3)4/h6,8-9,12,17H,7,10-11,13-14H2,1-5H3/t17-/m1/s1. The first kappa shape index (κ1) is 20.7. The van der Waals surface area contributed by atoms with Crippen molar-refractivity contribution in [3.63, 3.8) is 0 Å². The highest BCUT2D eigenvalue weighted by molar-refractivity contribution is 7.88. The molecule has 0 spiro atoms. The smallest absolute Gasteiger partial charge is 0.410 e. The van der Waals surface area contributed by atoms with Crippen molar-refractivity contribution < 1.29 is 17.9 Å². The van der Waals surface area contributed by atoms with Crippen molar-refractivity contribution in [3.8, 4) is 0 Å². The molecule has 0 N–H and O–H groups in total. The number of sulfonamides is 1. The molecule has 1 atom stereocenters. The van der Waals surface area contributed by atoms with Crippen LogP contribution in [0.1, 0.15) is 44.7 Å². The molecule has 1 aliphatic heterocycles. The van der Waals surface area contributed by atoms with Crippen LogP contribution in [0.4, 0.5) is 4.79 Å². The van der Waals surface area contributed by atoms with Gasteiger partial charge in [-0.2, -0.15) is 4.31 Å². The summed E-state index contributed by atoms with van der Waals surface area (Å²) in [6.45, 7) is 8.20. The summed E-state index contributed by atoms with van der Waals surface area (Å²) in [4.78, 5) is 13.8.